The number of benzene rings is 2. The van der Waals surface area contributed by atoms with Crippen LogP contribution in [0, 0.1) is 18.7 Å². The molecule has 0 radical (unpaired) electrons. The lowest BCUT2D eigenvalue weighted by Crippen LogP contribution is -2.54. The second-order valence-corrected chi connectivity index (χ2v) is 11.6. The molecule has 0 unspecified atom stereocenters. The summed E-state index contributed by atoms with van der Waals surface area (Å²) in [7, 11) is 0. The number of fused-ring (bicyclic) bond motifs is 1. The second-order valence-electron chi connectivity index (χ2n) is 10.7. The molecule has 3 atom stereocenters. The highest BCUT2D eigenvalue weighted by Gasteiger charge is 2.45. The summed E-state index contributed by atoms with van der Waals surface area (Å²) in [5.74, 6) is -1.46. The number of carbonyl (C=O) groups is 3. The lowest BCUT2D eigenvalue weighted by atomic mass is 9.98. The quantitative estimate of drug-likeness (QED) is 0.450. The van der Waals surface area contributed by atoms with Gasteiger partial charge in [-0.1, -0.05) is 38.1 Å². The van der Waals surface area contributed by atoms with E-state index in [0.29, 0.717) is 17.5 Å². The Hall–Kier alpha value is -3.43. The minimum Gasteiger partial charge on any atom is -0.391 e. The number of hydrogen-bond acceptors (Lipinski definition) is 6. The van der Waals surface area contributed by atoms with Gasteiger partial charge in [0.05, 0.1) is 28.2 Å². The SMILES string of the molecule is Cc1ncsc1-c1ccc(CCC(=O)[C@@H]2C[C@@H](O)CN2C(=O)[C@H](C(C)C)N2Cc3cc(F)ccc3C2=O)cc1. The van der Waals surface area contributed by atoms with E-state index in [-0.39, 0.29) is 49.4 Å². The standard InChI is InChI=1S/C30H32FN3O4S/c1-17(2)27(34-14-21-12-22(31)9-10-24(21)29(34)37)30(38)33-15-23(35)13-25(33)26(36)11-6-19-4-7-20(8-5-19)28-18(3)32-16-39-28/h4-5,7-10,12,16-17,23,25,27,35H,6,11,13-15H2,1-3H3/t23-,25+,27+/m1/s1. The maximum atomic E-state index is 13.8. The van der Waals surface area contributed by atoms with Crippen LogP contribution >= 0.6 is 11.3 Å². The summed E-state index contributed by atoms with van der Waals surface area (Å²) in [5.41, 5.74) is 5.84. The predicted octanol–water partition coefficient (Wildman–Crippen LogP) is 4.40. The van der Waals surface area contributed by atoms with Crippen LogP contribution < -0.4 is 0 Å². The zero-order valence-electron chi connectivity index (χ0n) is 22.3. The van der Waals surface area contributed by atoms with E-state index in [1.54, 1.807) is 11.3 Å². The van der Waals surface area contributed by atoms with Crippen molar-refractivity contribution >= 4 is 28.9 Å². The molecule has 3 heterocycles. The highest BCUT2D eigenvalue weighted by molar-refractivity contribution is 7.13. The van der Waals surface area contributed by atoms with Gasteiger partial charge in [-0.25, -0.2) is 9.37 Å². The lowest BCUT2D eigenvalue weighted by Gasteiger charge is -2.35. The Bertz CT molecular complexity index is 1400. The third-order valence-electron chi connectivity index (χ3n) is 7.67. The van der Waals surface area contributed by atoms with E-state index in [2.05, 4.69) is 4.98 Å². The molecule has 39 heavy (non-hydrogen) atoms. The molecule has 5 rings (SSSR count). The molecule has 204 valence electrons. The van der Waals surface area contributed by atoms with Crippen molar-refractivity contribution in [1.82, 2.24) is 14.8 Å². The average Bonchev–Trinajstić information content (AvgIpc) is 3.59. The van der Waals surface area contributed by atoms with Crippen LogP contribution in [0.1, 0.15) is 53.9 Å². The Morgan fingerprint density at radius 3 is 2.59 bits per heavy atom. The van der Waals surface area contributed by atoms with Crippen molar-refractivity contribution in [3.05, 3.63) is 76.2 Å². The Morgan fingerprint density at radius 2 is 1.92 bits per heavy atom. The van der Waals surface area contributed by atoms with Gasteiger partial charge in [0.2, 0.25) is 5.91 Å². The minimum absolute atomic E-state index is 0.0466. The molecule has 2 aromatic carbocycles. The fourth-order valence-corrected chi connectivity index (χ4v) is 6.49. The van der Waals surface area contributed by atoms with Crippen LogP contribution in [0.4, 0.5) is 4.39 Å². The first-order valence-electron chi connectivity index (χ1n) is 13.2. The van der Waals surface area contributed by atoms with Crippen molar-refractivity contribution in [3.8, 4) is 10.4 Å². The van der Waals surface area contributed by atoms with E-state index < -0.39 is 24.0 Å². The summed E-state index contributed by atoms with van der Waals surface area (Å²) in [6.45, 7) is 5.85. The number of amides is 2. The Labute approximate surface area is 231 Å². The van der Waals surface area contributed by atoms with Crippen LogP contribution in [0.25, 0.3) is 10.4 Å². The summed E-state index contributed by atoms with van der Waals surface area (Å²) in [6.07, 6.45) is 0.130. The highest BCUT2D eigenvalue weighted by Crippen LogP contribution is 2.31. The molecule has 0 saturated carbocycles. The van der Waals surface area contributed by atoms with Crippen molar-refractivity contribution in [2.45, 2.75) is 64.8 Å². The van der Waals surface area contributed by atoms with Gasteiger partial charge in [-0.15, -0.1) is 11.3 Å². The van der Waals surface area contributed by atoms with Crippen molar-refractivity contribution in [1.29, 1.82) is 0 Å². The normalized spacial score (nSPS) is 19.6. The molecule has 2 aliphatic heterocycles. The molecule has 3 aromatic rings. The number of Topliss-reactive ketones (excluding diaryl/α,β-unsaturated/α-hetero) is 1. The van der Waals surface area contributed by atoms with Crippen LogP contribution in [0.3, 0.4) is 0 Å². The number of thiazole rings is 1. The smallest absolute Gasteiger partial charge is 0.255 e. The molecule has 1 N–H and O–H groups in total. The third-order valence-corrected chi connectivity index (χ3v) is 8.65. The number of β-amino-alcohol motifs (C(OH)–C–C–N with tert-alkyl or cyclic N) is 1. The van der Waals surface area contributed by atoms with Crippen molar-refractivity contribution < 1.29 is 23.9 Å². The number of aryl methyl sites for hydroxylation is 2. The number of ketones is 1. The molecule has 1 aromatic heterocycles. The summed E-state index contributed by atoms with van der Waals surface area (Å²) in [5, 5.41) is 10.4. The second kappa shape index (κ2) is 11.0. The van der Waals surface area contributed by atoms with Crippen LogP contribution in [0.2, 0.25) is 0 Å². The van der Waals surface area contributed by atoms with E-state index in [1.807, 2.05) is 50.5 Å². The number of carbonyl (C=O) groups excluding carboxylic acids is 3. The Morgan fingerprint density at radius 1 is 1.18 bits per heavy atom. The fraction of sp³-hybridized carbons (Fsp3) is 0.400. The van der Waals surface area contributed by atoms with E-state index in [1.165, 1.54) is 28.0 Å². The van der Waals surface area contributed by atoms with Gasteiger partial charge >= 0.3 is 0 Å². The van der Waals surface area contributed by atoms with Gasteiger partial charge in [-0.05, 0) is 54.2 Å². The minimum atomic E-state index is -0.823. The first kappa shape index (κ1) is 27.1. The molecular formula is C30H32FN3O4S. The number of hydrogen-bond donors (Lipinski definition) is 1. The fourth-order valence-electron chi connectivity index (χ4n) is 5.68. The summed E-state index contributed by atoms with van der Waals surface area (Å²) in [6, 6.07) is 10.5. The van der Waals surface area contributed by atoms with Gasteiger partial charge in [0.1, 0.15) is 11.9 Å². The number of nitrogens with zero attached hydrogens (tertiary/aromatic N) is 3. The van der Waals surface area contributed by atoms with Crippen LogP contribution in [0.5, 0.6) is 0 Å². The van der Waals surface area contributed by atoms with Crippen LogP contribution in [-0.2, 0) is 22.6 Å². The van der Waals surface area contributed by atoms with E-state index in [9.17, 15) is 23.9 Å². The van der Waals surface area contributed by atoms with Gasteiger partial charge in [-0.3, -0.25) is 14.4 Å². The molecule has 0 aliphatic carbocycles. The molecule has 1 fully saturated rings. The maximum absolute atomic E-state index is 13.8. The molecule has 2 amide bonds. The van der Waals surface area contributed by atoms with Crippen LogP contribution in [0.15, 0.2) is 48.0 Å². The number of aliphatic hydroxyl groups excluding tert-OH is 1. The Balaban J connectivity index is 1.28. The van der Waals surface area contributed by atoms with Gasteiger partial charge in [0.25, 0.3) is 5.91 Å². The largest absolute Gasteiger partial charge is 0.391 e. The summed E-state index contributed by atoms with van der Waals surface area (Å²) in [4.78, 5) is 48.7. The molecule has 9 heteroatoms. The monoisotopic (exact) mass is 549 g/mol. The van der Waals surface area contributed by atoms with Gasteiger partial charge in [0, 0.05) is 31.5 Å². The predicted molar refractivity (Wildman–Crippen MR) is 147 cm³/mol. The third kappa shape index (κ3) is 5.38. The van der Waals surface area contributed by atoms with Crippen molar-refractivity contribution in [3.63, 3.8) is 0 Å². The Kier molecular flexibility index (Phi) is 7.64. The number of aliphatic hydroxyl groups is 1. The van der Waals surface area contributed by atoms with Gasteiger partial charge < -0.3 is 14.9 Å². The molecule has 1 saturated heterocycles. The molecule has 0 bridgehead atoms. The van der Waals surface area contributed by atoms with Crippen LogP contribution in [-0.4, -0.2) is 62.2 Å². The van der Waals surface area contributed by atoms with Gasteiger partial charge in [-0.2, -0.15) is 0 Å². The number of aromatic nitrogens is 1. The average molecular weight is 550 g/mol. The first-order valence-corrected chi connectivity index (χ1v) is 14.1. The number of halogens is 1. The maximum Gasteiger partial charge on any atom is 0.255 e. The van der Waals surface area contributed by atoms with E-state index in [4.69, 9.17) is 0 Å². The van der Waals surface area contributed by atoms with Crippen molar-refractivity contribution in [2.24, 2.45) is 5.92 Å². The number of rotatable bonds is 8. The topological polar surface area (TPSA) is 90.8 Å². The summed E-state index contributed by atoms with van der Waals surface area (Å²) >= 11 is 1.59. The molecule has 0 spiro atoms. The first-order chi connectivity index (χ1) is 18.6. The zero-order chi connectivity index (χ0) is 27.8. The lowest BCUT2D eigenvalue weighted by molar-refractivity contribution is -0.142. The molecular weight excluding hydrogens is 517 g/mol. The molecule has 2 aliphatic rings. The van der Waals surface area contributed by atoms with E-state index in [0.717, 1.165) is 21.7 Å². The van der Waals surface area contributed by atoms with Crippen molar-refractivity contribution in [2.75, 3.05) is 6.54 Å². The zero-order valence-corrected chi connectivity index (χ0v) is 23.1. The summed E-state index contributed by atoms with van der Waals surface area (Å²) < 4.78 is 13.8. The highest BCUT2D eigenvalue weighted by atomic mass is 32.1. The van der Waals surface area contributed by atoms with Gasteiger partial charge in [0.15, 0.2) is 5.78 Å². The number of likely N-dealkylation sites (tertiary alicyclic amines) is 1. The molecule has 7 nitrogen and oxygen atoms in total. The van der Waals surface area contributed by atoms with E-state index >= 15 is 0 Å².